The number of benzene rings is 1. The second-order valence-electron chi connectivity index (χ2n) is 9.13. The van der Waals surface area contributed by atoms with E-state index in [1.54, 1.807) is 0 Å². The number of hydrogen-bond donors (Lipinski definition) is 2. The maximum atomic E-state index is 12.4. The highest BCUT2D eigenvalue weighted by molar-refractivity contribution is 5.78. The Labute approximate surface area is 198 Å². The molecule has 3 rings (SSSR count). The summed E-state index contributed by atoms with van der Waals surface area (Å²) < 4.78 is 43.2. The van der Waals surface area contributed by atoms with Crippen LogP contribution in [0.1, 0.15) is 34.1 Å². The smallest absolute Gasteiger partial charge is 0.406 e. The Morgan fingerprint density at radius 1 is 1.00 bits per heavy atom. The number of hydrogen-bond acceptors (Lipinski definition) is 6. The SMILES string of the molecule is CC(C)CN(CC(C)C)c1ccc2nc(Nc3ccc(OC(F)(F)F)cc3)n(CCCN)c2n1. The summed E-state index contributed by atoms with van der Waals surface area (Å²) in [6.45, 7) is 11.6. The Balaban J connectivity index is 1.93. The molecule has 1 aromatic carbocycles. The molecule has 0 amide bonds. The van der Waals surface area contributed by atoms with Gasteiger partial charge in [-0.1, -0.05) is 27.7 Å². The lowest BCUT2D eigenvalue weighted by molar-refractivity contribution is -0.274. The Morgan fingerprint density at radius 2 is 1.65 bits per heavy atom. The van der Waals surface area contributed by atoms with Crippen LogP contribution in [0.4, 0.5) is 30.6 Å². The average Bonchev–Trinajstić information content (AvgIpc) is 3.07. The number of alkyl halides is 3. The summed E-state index contributed by atoms with van der Waals surface area (Å²) >= 11 is 0. The summed E-state index contributed by atoms with van der Waals surface area (Å²) in [5, 5.41) is 3.19. The number of ether oxygens (including phenoxy) is 1. The van der Waals surface area contributed by atoms with Crippen molar-refractivity contribution in [2.24, 2.45) is 17.6 Å². The molecule has 10 heteroatoms. The Morgan fingerprint density at radius 3 is 2.21 bits per heavy atom. The van der Waals surface area contributed by atoms with Crippen LogP contribution < -0.4 is 20.7 Å². The van der Waals surface area contributed by atoms with Gasteiger partial charge in [0.25, 0.3) is 0 Å². The summed E-state index contributed by atoms with van der Waals surface area (Å²) in [5.74, 6) is 2.14. The zero-order valence-corrected chi connectivity index (χ0v) is 20.1. The first-order chi connectivity index (χ1) is 16.1. The molecule has 0 bridgehead atoms. The second kappa shape index (κ2) is 10.9. The minimum absolute atomic E-state index is 0.281. The van der Waals surface area contributed by atoms with E-state index in [4.69, 9.17) is 10.7 Å². The molecule has 34 heavy (non-hydrogen) atoms. The molecule has 0 saturated carbocycles. The van der Waals surface area contributed by atoms with Crippen LogP contribution in [0, 0.1) is 11.8 Å². The van der Waals surface area contributed by atoms with Crippen LogP contribution >= 0.6 is 0 Å². The highest BCUT2D eigenvalue weighted by Crippen LogP contribution is 2.28. The molecule has 0 unspecified atom stereocenters. The van der Waals surface area contributed by atoms with Crippen LogP contribution in [0.3, 0.4) is 0 Å². The summed E-state index contributed by atoms with van der Waals surface area (Å²) in [7, 11) is 0. The fraction of sp³-hybridized carbons (Fsp3) is 0.500. The molecule has 0 aliphatic rings. The van der Waals surface area contributed by atoms with E-state index in [0.29, 0.717) is 36.6 Å². The maximum absolute atomic E-state index is 12.4. The Bertz CT molecular complexity index is 1050. The number of halogens is 3. The van der Waals surface area contributed by atoms with Crippen molar-refractivity contribution in [3.05, 3.63) is 36.4 Å². The van der Waals surface area contributed by atoms with Crippen molar-refractivity contribution in [2.75, 3.05) is 29.9 Å². The molecular weight excluding hydrogens is 445 g/mol. The van der Waals surface area contributed by atoms with Crippen LogP contribution in [0.2, 0.25) is 0 Å². The van der Waals surface area contributed by atoms with E-state index in [9.17, 15) is 13.2 Å². The molecular formula is C24H33F3N6O. The summed E-state index contributed by atoms with van der Waals surface area (Å²) in [6.07, 6.45) is -4.00. The standard InChI is InChI=1S/C24H33F3N6O/c1-16(2)14-32(15-17(3)4)21-11-10-20-22(31-21)33(13-5-12-28)23(30-20)29-18-6-8-19(9-7-18)34-24(25,26)27/h6-11,16-17H,5,12-15,28H2,1-4H3,(H,29,30). The molecule has 0 fully saturated rings. The summed E-state index contributed by atoms with van der Waals surface area (Å²) in [5.41, 5.74) is 7.81. The Kier molecular flexibility index (Phi) is 8.24. The number of anilines is 3. The highest BCUT2D eigenvalue weighted by atomic mass is 19.4. The number of pyridine rings is 1. The minimum atomic E-state index is -4.73. The van der Waals surface area contributed by atoms with E-state index in [2.05, 4.69) is 47.6 Å². The molecule has 186 valence electrons. The number of fused-ring (bicyclic) bond motifs is 1. The van der Waals surface area contributed by atoms with Gasteiger partial charge in [-0.3, -0.25) is 4.57 Å². The van der Waals surface area contributed by atoms with Crippen LogP contribution in [-0.2, 0) is 6.54 Å². The Hall–Kier alpha value is -3.01. The zero-order chi connectivity index (χ0) is 24.9. The molecule has 3 N–H and O–H groups in total. The number of aryl methyl sites for hydroxylation is 1. The van der Waals surface area contributed by atoms with Crippen molar-refractivity contribution < 1.29 is 17.9 Å². The van der Waals surface area contributed by atoms with Crippen molar-refractivity contribution >= 4 is 28.6 Å². The van der Waals surface area contributed by atoms with Gasteiger partial charge in [-0.2, -0.15) is 0 Å². The highest BCUT2D eigenvalue weighted by Gasteiger charge is 2.31. The molecule has 2 aromatic heterocycles. The van der Waals surface area contributed by atoms with E-state index < -0.39 is 6.36 Å². The lowest BCUT2D eigenvalue weighted by Gasteiger charge is -2.27. The summed E-state index contributed by atoms with van der Waals surface area (Å²) in [6, 6.07) is 9.48. The van der Waals surface area contributed by atoms with E-state index in [-0.39, 0.29) is 5.75 Å². The van der Waals surface area contributed by atoms with Crippen molar-refractivity contribution in [2.45, 2.75) is 47.0 Å². The van der Waals surface area contributed by atoms with Crippen LogP contribution in [0.25, 0.3) is 11.2 Å². The molecule has 0 saturated heterocycles. The number of rotatable bonds is 11. The summed E-state index contributed by atoms with van der Waals surface area (Å²) in [4.78, 5) is 11.9. The van der Waals surface area contributed by atoms with Crippen LogP contribution in [0.5, 0.6) is 5.75 Å². The van der Waals surface area contributed by atoms with Gasteiger partial charge in [0.05, 0.1) is 0 Å². The molecule has 0 atom stereocenters. The van der Waals surface area contributed by atoms with E-state index in [0.717, 1.165) is 36.5 Å². The first-order valence-corrected chi connectivity index (χ1v) is 11.5. The third kappa shape index (κ3) is 6.99. The largest absolute Gasteiger partial charge is 0.573 e. The normalized spacial score (nSPS) is 12.1. The number of imidazole rings is 1. The first kappa shape index (κ1) is 25.6. The third-order valence-electron chi connectivity index (χ3n) is 5.00. The van der Waals surface area contributed by atoms with Gasteiger partial charge in [0, 0.05) is 25.3 Å². The van der Waals surface area contributed by atoms with Crippen molar-refractivity contribution in [3.8, 4) is 5.75 Å². The fourth-order valence-electron chi connectivity index (χ4n) is 3.74. The van der Waals surface area contributed by atoms with Gasteiger partial charge in [0.1, 0.15) is 17.1 Å². The molecule has 0 aliphatic carbocycles. The number of nitrogens with zero attached hydrogens (tertiary/aromatic N) is 4. The molecule has 0 spiro atoms. The molecule has 0 radical (unpaired) electrons. The fourth-order valence-corrected chi connectivity index (χ4v) is 3.74. The average molecular weight is 479 g/mol. The van der Waals surface area contributed by atoms with Crippen LogP contribution in [-0.4, -0.2) is 40.5 Å². The van der Waals surface area contributed by atoms with E-state index >= 15 is 0 Å². The lowest BCUT2D eigenvalue weighted by Crippen LogP contribution is -2.32. The molecule has 0 aliphatic heterocycles. The monoisotopic (exact) mass is 478 g/mol. The topological polar surface area (TPSA) is 81.2 Å². The van der Waals surface area contributed by atoms with Gasteiger partial charge in [0.2, 0.25) is 5.95 Å². The van der Waals surface area contributed by atoms with Gasteiger partial charge in [-0.15, -0.1) is 13.2 Å². The zero-order valence-electron chi connectivity index (χ0n) is 20.1. The quantitative estimate of drug-likeness (QED) is 0.377. The predicted molar refractivity (Wildman–Crippen MR) is 129 cm³/mol. The van der Waals surface area contributed by atoms with Crippen molar-refractivity contribution in [1.82, 2.24) is 14.5 Å². The first-order valence-electron chi connectivity index (χ1n) is 11.5. The van der Waals surface area contributed by atoms with Gasteiger partial charge >= 0.3 is 6.36 Å². The predicted octanol–water partition coefficient (Wildman–Crippen LogP) is 5.54. The minimum Gasteiger partial charge on any atom is -0.406 e. The van der Waals surface area contributed by atoms with Crippen LogP contribution in [0.15, 0.2) is 36.4 Å². The number of nitrogens with one attached hydrogen (secondary N) is 1. The molecule has 3 aromatic rings. The van der Waals surface area contributed by atoms with Gasteiger partial charge in [-0.25, -0.2) is 9.97 Å². The van der Waals surface area contributed by atoms with Crippen molar-refractivity contribution in [1.29, 1.82) is 0 Å². The van der Waals surface area contributed by atoms with E-state index in [1.807, 2.05) is 16.7 Å². The number of aromatic nitrogens is 3. The maximum Gasteiger partial charge on any atom is 0.573 e. The third-order valence-corrected chi connectivity index (χ3v) is 5.00. The van der Waals surface area contributed by atoms with E-state index in [1.165, 1.54) is 24.3 Å². The van der Waals surface area contributed by atoms with Crippen molar-refractivity contribution in [3.63, 3.8) is 0 Å². The molecule has 7 nitrogen and oxygen atoms in total. The van der Waals surface area contributed by atoms with Gasteiger partial charge < -0.3 is 20.7 Å². The molecule has 2 heterocycles. The van der Waals surface area contributed by atoms with Gasteiger partial charge in [-0.05, 0) is 61.2 Å². The second-order valence-corrected chi connectivity index (χ2v) is 9.13. The number of nitrogens with two attached hydrogens (primary N) is 1. The van der Waals surface area contributed by atoms with Gasteiger partial charge in [0.15, 0.2) is 5.65 Å². The lowest BCUT2D eigenvalue weighted by atomic mass is 10.1.